The lowest BCUT2D eigenvalue weighted by Crippen LogP contribution is -2.28. The third-order valence-corrected chi connectivity index (χ3v) is 15.9. The maximum atomic E-state index is 2.55. The summed E-state index contributed by atoms with van der Waals surface area (Å²) in [7, 11) is 4.39. The molecule has 0 unspecified atom stereocenters. The number of fused-ring (bicyclic) bond motifs is 8. The Hall–Kier alpha value is -6.26. The molecule has 0 spiro atoms. The van der Waals surface area contributed by atoms with Crippen LogP contribution in [-0.2, 0) is 21.7 Å². The van der Waals surface area contributed by atoms with Crippen LogP contribution in [0.25, 0.3) is 21.5 Å². The van der Waals surface area contributed by atoms with E-state index in [0.717, 1.165) is 13.1 Å². The third-order valence-electron chi connectivity index (χ3n) is 15.9. The largest absolute Gasteiger partial charge is 0.347 e. The van der Waals surface area contributed by atoms with Gasteiger partial charge in [0.15, 0.2) is 11.4 Å². The maximum Gasteiger partial charge on any atom is 0.210 e. The second-order valence-corrected chi connectivity index (χ2v) is 21.6. The topological polar surface area (TPSA) is 12.5 Å². The van der Waals surface area contributed by atoms with Gasteiger partial charge in [-0.15, -0.1) is 0 Å². The van der Waals surface area contributed by atoms with Crippen molar-refractivity contribution in [3.05, 3.63) is 191 Å². The van der Waals surface area contributed by atoms with Gasteiger partial charge < -0.3 is 9.80 Å². The molecule has 0 amide bonds. The van der Waals surface area contributed by atoms with Crippen LogP contribution >= 0.6 is 0 Å². The highest BCUT2D eigenvalue weighted by molar-refractivity contribution is 6.08. The normalized spacial score (nSPS) is 19.5. The molecule has 0 bridgehead atoms. The molecule has 0 aromatic heterocycles. The van der Waals surface area contributed by atoms with Crippen molar-refractivity contribution in [2.45, 2.75) is 117 Å². The lowest BCUT2D eigenvalue weighted by Gasteiger charge is -2.27. The number of rotatable bonds is 10. The van der Waals surface area contributed by atoms with Gasteiger partial charge in [0, 0.05) is 89.0 Å². The van der Waals surface area contributed by atoms with Crippen molar-refractivity contribution in [3.63, 3.8) is 0 Å². The Labute approximate surface area is 408 Å². The molecule has 4 aliphatic rings. The van der Waals surface area contributed by atoms with E-state index in [-0.39, 0.29) is 21.7 Å². The first kappa shape index (κ1) is 46.8. The Morgan fingerprint density at radius 3 is 1.76 bits per heavy atom. The van der Waals surface area contributed by atoms with Crippen LogP contribution in [0.15, 0.2) is 169 Å². The Bertz CT molecular complexity index is 3120. The Morgan fingerprint density at radius 1 is 0.500 bits per heavy atom. The molecule has 348 valence electrons. The number of hydrogen-bond acceptors (Lipinski definition) is 2. The summed E-state index contributed by atoms with van der Waals surface area (Å²) in [5, 5.41) is 5.31. The van der Waals surface area contributed by atoms with Gasteiger partial charge in [0.25, 0.3) is 0 Å². The molecule has 4 aliphatic heterocycles. The first-order chi connectivity index (χ1) is 32.6. The molecule has 0 atom stereocenters. The number of hydrogen-bond donors (Lipinski definition) is 0. The highest BCUT2D eigenvalue weighted by Gasteiger charge is 2.46. The summed E-state index contributed by atoms with van der Waals surface area (Å²) < 4.78 is 4.92. The number of nitrogens with zero attached hydrogens (tertiary/aromatic N) is 4. The van der Waals surface area contributed by atoms with Crippen LogP contribution in [0.2, 0.25) is 0 Å². The van der Waals surface area contributed by atoms with E-state index in [4.69, 9.17) is 0 Å². The Balaban J connectivity index is 0.000000170. The minimum absolute atomic E-state index is 0.00932. The van der Waals surface area contributed by atoms with Crippen LogP contribution in [0, 0.1) is 0 Å². The highest BCUT2D eigenvalue weighted by Crippen LogP contribution is 2.51. The van der Waals surface area contributed by atoms with Crippen molar-refractivity contribution >= 4 is 55.7 Å². The predicted molar refractivity (Wildman–Crippen MR) is 294 cm³/mol. The fourth-order valence-electron chi connectivity index (χ4n) is 12.2. The minimum atomic E-state index is -0.0732. The van der Waals surface area contributed by atoms with Crippen LogP contribution in [0.4, 0.5) is 22.7 Å². The summed E-state index contributed by atoms with van der Waals surface area (Å²) in [5.74, 6) is 0. The fourth-order valence-corrected chi connectivity index (χ4v) is 12.2. The summed E-state index contributed by atoms with van der Waals surface area (Å²) in [4.78, 5) is 4.92. The molecule has 4 heterocycles. The first-order valence-corrected chi connectivity index (χ1v) is 25.3. The van der Waals surface area contributed by atoms with Gasteiger partial charge >= 0.3 is 0 Å². The zero-order valence-electron chi connectivity index (χ0n) is 43.0. The summed E-state index contributed by atoms with van der Waals surface area (Å²) in [6, 6.07) is 44.4. The van der Waals surface area contributed by atoms with E-state index in [1.807, 2.05) is 0 Å². The van der Waals surface area contributed by atoms with Gasteiger partial charge in [-0.05, 0) is 97.1 Å². The SMILES string of the molecule is CCCCN1/C(=C/C=CC2=[N+](CCCC)c3ccccc3C2(C)C)C(C)(C)c2ccccc21.CN1C(=CC=CC2=[N+](C)c3ccc4ccccc4c3C2(C)C)C(C)(C)c2c1ccc1ccccc21. The second-order valence-electron chi connectivity index (χ2n) is 21.6. The average molecular weight is 899 g/mol. The standard InChI is InChI=1S/C33H33N2.C31H41N2/c1-32(2)28(34(5)26-20-18-22-12-7-9-14-24(22)30(26)32)16-11-17-29-33(3,4)31-25-15-10-8-13-23(25)19-21-27(31)35(29)6;1-7-9-22-32-26-18-13-11-16-24(26)30(3,4)28(32)20-15-21-29-31(5,6)25-17-12-14-19-27(25)33(29)23-10-8-2/h7-21H,1-6H3;11-21H,7-10,22-23H2,1-6H3/q2*+1. The predicted octanol–water partition coefficient (Wildman–Crippen LogP) is 15.8. The molecule has 10 rings (SSSR count). The number of anilines is 2. The fraction of sp³-hybridized carbons (Fsp3) is 0.344. The number of benzene rings is 6. The summed E-state index contributed by atoms with van der Waals surface area (Å²) in [5.41, 5.74) is 16.4. The van der Waals surface area contributed by atoms with Gasteiger partial charge in [0.05, 0.1) is 10.8 Å². The zero-order valence-corrected chi connectivity index (χ0v) is 43.0. The van der Waals surface area contributed by atoms with Crippen molar-refractivity contribution in [2.75, 3.05) is 37.0 Å². The second kappa shape index (κ2) is 18.0. The molecule has 0 fully saturated rings. The van der Waals surface area contributed by atoms with Crippen molar-refractivity contribution < 1.29 is 9.15 Å². The van der Waals surface area contributed by atoms with Crippen molar-refractivity contribution in [1.29, 1.82) is 0 Å². The number of para-hydroxylation sites is 2. The van der Waals surface area contributed by atoms with E-state index in [9.17, 15) is 0 Å². The summed E-state index contributed by atoms with van der Waals surface area (Å²) in [6.07, 6.45) is 18.8. The van der Waals surface area contributed by atoms with Gasteiger partial charge in [0.1, 0.15) is 13.6 Å². The van der Waals surface area contributed by atoms with Crippen molar-refractivity contribution in [1.82, 2.24) is 0 Å². The van der Waals surface area contributed by atoms with E-state index in [0.29, 0.717) is 0 Å². The molecule has 0 saturated carbocycles. The Morgan fingerprint density at radius 2 is 1.07 bits per heavy atom. The van der Waals surface area contributed by atoms with Crippen LogP contribution in [0.1, 0.15) is 117 Å². The number of allylic oxidation sites excluding steroid dienone is 8. The van der Waals surface area contributed by atoms with E-state index >= 15 is 0 Å². The number of likely N-dealkylation sites (N-methyl/N-ethyl adjacent to an activating group) is 1. The van der Waals surface area contributed by atoms with Gasteiger partial charge in [-0.1, -0.05) is 158 Å². The summed E-state index contributed by atoms with van der Waals surface area (Å²) >= 11 is 0. The van der Waals surface area contributed by atoms with Crippen molar-refractivity contribution in [2.24, 2.45) is 0 Å². The van der Waals surface area contributed by atoms with Crippen molar-refractivity contribution in [3.8, 4) is 0 Å². The molecular formula is C64H74N4+2. The molecule has 0 aliphatic carbocycles. The molecule has 0 radical (unpaired) electrons. The molecule has 0 saturated heterocycles. The molecular weight excluding hydrogens is 825 g/mol. The lowest BCUT2D eigenvalue weighted by atomic mass is 9.79. The van der Waals surface area contributed by atoms with Crippen LogP contribution in [0.3, 0.4) is 0 Å². The third kappa shape index (κ3) is 7.69. The highest BCUT2D eigenvalue weighted by atomic mass is 15.2. The van der Waals surface area contributed by atoms with Crippen LogP contribution in [-0.4, -0.2) is 47.8 Å². The van der Waals surface area contributed by atoms with Crippen LogP contribution < -0.4 is 9.80 Å². The smallest absolute Gasteiger partial charge is 0.210 e. The molecule has 0 N–H and O–H groups in total. The maximum absolute atomic E-state index is 2.55. The van der Waals surface area contributed by atoms with Crippen LogP contribution in [0.5, 0.6) is 0 Å². The summed E-state index contributed by atoms with van der Waals surface area (Å²) in [6.45, 7) is 25.6. The molecule has 6 aromatic carbocycles. The molecule has 68 heavy (non-hydrogen) atoms. The number of unbranched alkanes of at least 4 members (excludes halogenated alkanes) is 2. The minimum Gasteiger partial charge on any atom is -0.347 e. The first-order valence-electron chi connectivity index (χ1n) is 25.3. The average Bonchev–Trinajstić information content (AvgIpc) is 3.86. The van der Waals surface area contributed by atoms with E-state index in [2.05, 4.69) is 260 Å². The molecule has 4 heteroatoms. The molecule has 4 nitrogen and oxygen atoms in total. The van der Waals surface area contributed by atoms with E-state index in [1.54, 1.807) is 0 Å². The van der Waals surface area contributed by atoms with Gasteiger partial charge in [-0.2, -0.15) is 9.15 Å². The van der Waals surface area contributed by atoms with E-state index < -0.39 is 0 Å². The Kier molecular flexibility index (Phi) is 12.4. The van der Waals surface area contributed by atoms with Gasteiger partial charge in [0.2, 0.25) is 11.4 Å². The van der Waals surface area contributed by atoms with Gasteiger partial charge in [-0.25, -0.2) is 0 Å². The molecule has 6 aromatic rings. The monoisotopic (exact) mass is 899 g/mol. The van der Waals surface area contributed by atoms with E-state index in [1.165, 1.54) is 115 Å². The quantitative estimate of drug-likeness (QED) is 0.127. The lowest BCUT2D eigenvalue weighted by molar-refractivity contribution is -0.438. The van der Waals surface area contributed by atoms with Gasteiger partial charge in [-0.3, -0.25) is 0 Å². The zero-order chi connectivity index (χ0) is 48.2.